The third-order valence-electron chi connectivity index (χ3n) is 4.26. The number of aryl methyl sites for hydroxylation is 1. The second-order valence-electron chi connectivity index (χ2n) is 6.30. The lowest BCUT2D eigenvalue weighted by molar-refractivity contribution is -0.384. The van der Waals surface area contributed by atoms with E-state index in [-0.39, 0.29) is 17.1 Å². The largest absolute Gasteiger partial charge is 0.495 e. The molecule has 1 heterocycles. The van der Waals surface area contributed by atoms with Crippen LogP contribution in [-0.2, 0) is 4.79 Å². The summed E-state index contributed by atoms with van der Waals surface area (Å²) in [5.74, 6) is 0.0774. The van der Waals surface area contributed by atoms with Gasteiger partial charge in [0.05, 0.1) is 17.7 Å². The monoisotopic (exact) mass is 398 g/mol. The summed E-state index contributed by atoms with van der Waals surface area (Å²) in [4.78, 5) is 34.5. The first-order valence-electron chi connectivity index (χ1n) is 8.63. The number of methoxy groups -OCH3 is 1. The summed E-state index contributed by atoms with van der Waals surface area (Å²) in [7, 11) is 1.39. The van der Waals surface area contributed by atoms with Gasteiger partial charge in [-0.1, -0.05) is 0 Å². The van der Waals surface area contributed by atoms with E-state index in [2.05, 4.69) is 5.32 Å². The Morgan fingerprint density at radius 2 is 1.97 bits per heavy atom. The van der Waals surface area contributed by atoms with Gasteiger partial charge >= 0.3 is 5.63 Å². The third kappa shape index (κ3) is 4.34. The zero-order valence-electron chi connectivity index (χ0n) is 15.9. The average molecular weight is 398 g/mol. The van der Waals surface area contributed by atoms with E-state index in [1.165, 1.54) is 44.4 Å². The van der Waals surface area contributed by atoms with Crippen molar-refractivity contribution in [2.45, 2.75) is 20.0 Å². The van der Waals surface area contributed by atoms with Crippen LogP contribution >= 0.6 is 0 Å². The number of nitrogens with zero attached hydrogens (tertiary/aromatic N) is 1. The molecule has 1 unspecified atom stereocenters. The molecule has 1 N–H and O–H groups in total. The molecule has 0 spiro atoms. The van der Waals surface area contributed by atoms with Crippen molar-refractivity contribution >= 4 is 28.3 Å². The van der Waals surface area contributed by atoms with Crippen LogP contribution in [0.5, 0.6) is 11.5 Å². The Hall–Kier alpha value is -3.88. The molecule has 2 aromatic carbocycles. The number of nitro benzene ring substituents is 1. The Kier molecular flexibility index (Phi) is 5.49. The van der Waals surface area contributed by atoms with Crippen LogP contribution in [-0.4, -0.2) is 24.0 Å². The van der Waals surface area contributed by atoms with Crippen LogP contribution in [0.3, 0.4) is 0 Å². The molecule has 1 atom stereocenters. The summed E-state index contributed by atoms with van der Waals surface area (Å²) in [6.45, 7) is 3.32. The Bertz CT molecular complexity index is 1150. The highest BCUT2D eigenvalue weighted by Gasteiger charge is 2.19. The summed E-state index contributed by atoms with van der Waals surface area (Å²) in [5.41, 5.74) is 0.611. The van der Waals surface area contributed by atoms with Crippen LogP contribution in [0, 0.1) is 17.0 Å². The van der Waals surface area contributed by atoms with Crippen molar-refractivity contribution < 1.29 is 23.6 Å². The van der Waals surface area contributed by atoms with Gasteiger partial charge < -0.3 is 19.2 Å². The lowest BCUT2D eigenvalue weighted by Gasteiger charge is -2.16. The maximum Gasteiger partial charge on any atom is 0.336 e. The molecule has 0 saturated carbocycles. The smallest absolute Gasteiger partial charge is 0.336 e. The number of fused-ring (bicyclic) bond motifs is 1. The molecule has 3 rings (SSSR count). The van der Waals surface area contributed by atoms with E-state index in [0.717, 1.165) is 10.9 Å². The van der Waals surface area contributed by atoms with Crippen molar-refractivity contribution in [3.63, 3.8) is 0 Å². The van der Waals surface area contributed by atoms with E-state index in [1.807, 2.05) is 0 Å². The quantitative estimate of drug-likeness (QED) is 0.383. The standard InChI is InChI=1S/C20H18N2O7/c1-11-8-19(23)29-18-10-14(5-6-15(11)18)28-12(2)20(24)21-16-9-13(22(25)26)4-7-17(16)27-3/h4-10,12H,1-3H3,(H,21,24). The minimum atomic E-state index is -0.937. The number of non-ortho nitro benzene ring substituents is 1. The minimum absolute atomic E-state index is 0.155. The molecular formula is C20H18N2O7. The van der Waals surface area contributed by atoms with Crippen molar-refractivity contribution in [2.24, 2.45) is 0 Å². The molecule has 150 valence electrons. The molecule has 3 aromatic rings. The van der Waals surface area contributed by atoms with Gasteiger partial charge in [-0.15, -0.1) is 0 Å². The SMILES string of the molecule is COc1ccc([N+](=O)[O-])cc1NC(=O)C(C)Oc1ccc2c(C)cc(=O)oc2c1. The van der Waals surface area contributed by atoms with Crippen molar-refractivity contribution in [2.75, 3.05) is 12.4 Å². The molecular weight excluding hydrogens is 380 g/mol. The molecule has 0 aliphatic heterocycles. The van der Waals surface area contributed by atoms with E-state index >= 15 is 0 Å². The zero-order chi connectivity index (χ0) is 21.1. The summed E-state index contributed by atoms with van der Waals surface area (Å²) >= 11 is 0. The van der Waals surface area contributed by atoms with Crippen LogP contribution in [0.2, 0.25) is 0 Å². The molecule has 9 nitrogen and oxygen atoms in total. The van der Waals surface area contributed by atoms with Gasteiger partial charge in [0.25, 0.3) is 11.6 Å². The number of amides is 1. The van der Waals surface area contributed by atoms with Crippen molar-refractivity contribution in [1.82, 2.24) is 0 Å². The van der Waals surface area contributed by atoms with Crippen molar-refractivity contribution in [3.8, 4) is 11.5 Å². The van der Waals surface area contributed by atoms with Crippen LogP contribution in [0.25, 0.3) is 11.0 Å². The van der Waals surface area contributed by atoms with Gasteiger partial charge in [0, 0.05) is 29.7 Å². The number of ether oxygens (including phenoxy) is 2. The van der Waals surface area contributed by atoms with E-state index in [4.69, 9.17) is 13.9 Å². The topological polar surface area (TPSA) is 121 Å². The lowest BCUT2D eigenvalue weighted by Crippen LogP contribution is -2.30. The highest BCUT2D eigenvalue weighted by atomic mass is 16.6. The van der Waals surface area contributed by atoms with Gasteiger partial charge in [0.1, 0.15) is 17.1 Å². The minimum Gasteiger partial charge on any atom is -0.495 e. The number of carbonyl (C=O) groups excluding carboxylic acids is 1. The van der Waals surface area contributed by atoms with E-state index in [1.54, 1.807) is 19.1 Å². The second kappa shape index (κ2) is 8.01. The fraction of sp³-hybridized carbons (Fsp3) is 0.200. The Labute approximate surface area is 165 Å². The molecule has 9 heteroatoms. The van der Waals surface area contributed by atoms with E-state index in [9.17, 15) is 19.7 Å². The molecule has 0 saturated heterocycles. The molecule has 1 amide bonds. The molecule has 0 aliphatic rings. The predicted molar refractivity (Wildman–Crippen MR) is 106 cm³/mol. The number of nitro groups is 1. The van der Waals surface area contributed by atoms with Crippen LogP contribution in [0.4, 0.5) is 11.4 Å². The molecule has 0 radical (unpaired) electrons. The summed E-state index contributed by atoms with van der Waals surface area (Å²) in [6, 6.07) is 10.2. The first-order chi connectivity index (χ1) is 13.8. The Morgan fingerprint density at radius 3 is 2.66 bits per heavy atom. The van der Waals surface area contributed by atoms with Crippen LogP contribution < -0.4 is 20.4 Å². The van der Waals surface area contributed by atoms with Gasteiger partial charge in [0.2, 0.25) is 0 Å². The van der Waals surface area contributed by atoms with E-state index < -0.39 is 22.6 Å². The number of hydrogen-bond donors (Lipinski definition) is 1. The van der Waals surface area contributed by atoms with Gasteiger partial charge in [0.15, 0.2) is 6.10 Å². The van der Waals surface area contributed by atoms with Crippen molar-refractivity contribution in [3.05, 3.63) is 68.6 Å². The highest BCUT2D eigenvalue weighted by Crippen LogP contribution is 2.29. The van der Waals surface area contributed by atoms with Gasteiger partial charge in [-0.05, 0) is 37.6 Å². The summed E-state index contributed by atoms with van der Waals surface area (Å²) in [5, 5.41) is 14.3. The number of carbonyl (C=O) groups is 1. The molecule has 1 aromatic heterocycles. The van der Waals surface area contributed by atoms with Gasteiger partial charge in [-0.2, -0.15) is 0 Å². The number of nitrogens with one attached hydrogen (secondary N) is 1. The Balaban J connectivity index is 1.79. The third-order valence-corrected chi connectivity index (χ3v) is 4.26. The van der Waals surface area contributed by atoms with Crippen LogP contribution in [0.15, 0.2) is 51.7 Å². The first-order valence-corrected chi connectivity index (χ1v) is 8.63. The lowest BCUT2D eigenvalue weighted by atomic mass is 10.1. The highest BCUT2D eigenvalue weighted by molar-refractivity contribution is 5.96. The van der Waals surface area contributed by atoms with E-state index in [0.29, 0.717) is 11.3 Å². The first kappa shape index (κ1) is 19.9. The maximum absolute atomic E-state index is 12.5. The summed E-state index contributed by atoms with van der Waals surface area (Å²) < 4.78 is 15.9. The fourth-order valence-corrected chi connectivity index (χ4v) is 2.78. The number of benzene rings is 2. The summed E-state index contributed by atoms with van der Waals surface area (Å²) in [6.07, 6.45) is -0.937. The van der Waals surface area contributed by atoms with Crippen LogP contribution in [0.1, 0.15) is 12.5 Å². The molecule has 0 aliphatic carbocycles. The zero-order valence-corrected chi connectivity index (χ0v) is 15.9. The van der Waals surface area contributed by atoms with Gasteiger partial charge in [-0.25, -0.2) is 4.79 Å². The average Bonchev–Trinajstić information content (AvgIpc) is 2.67. The van der Waals surface area contributed by atoms with Gasteiger partial charge in [-0.3, -0.25) is 14.9 Å². The molecule has 0 bridgehead atoms. The van der Waals surface area contributed by atoms with Crippen molar-refractivity contribution in [1.29, 1.82) is 0 Å². The maximum atomic E-state index is 12.5. The molecule has 29 heavy (non-hydrogen) atoms. The Morgan fingerprint density at radius 1 is 1.21 bits per heavy atom. The fourth-order valence-electron chi connectivity index (χ4n) is 2.78. The number of hydrogen-bond acceptors (Lipinski definition) is 7. The second-order valence-corrected chi connectivity index (χ2v) is 6.30. The number of rotatable bonds is 6. The molecule has 0 fully saturated rings. The normalized spacial score (nSPS) is 11.7. The number of anilines is 1. The predicted octanol–water partition coefficient (Wildman–Crippen LogP) is 3.42.